The summed E-state index contributed by atoms with van der Waals surface area (Å²) in [5.41, 5.74) is 0. The predicted molar refractivity (Wildman–Crippen MR) is 29.7 cm³/mol. The Morgan fingerprint density at radius 3 is 2.71 bits per heavy atom. The number of hydrogen-bond donors (Lipinski definition) is 1. The number of thioether (sulfide) groups is 1. The molecule has 7 heavy (non-hydrogen) atoms. The molecule has 1 aliphatic rings. The highest BCUT2D eigenvalue weighted by Crippen LogP contribution is 2.16. The van der Waals surface area contributed by atoms with E-state index in [0.29, 0.717) is 10.8 Å². The largest absolute Gasteiger partial charge is 0.342 e. The number of carbonyl (C=O) groups is 1. The normalized spacial score (nSPS) is 20.0. The summed E-state index contributed by atoms with van der Waals surface area (Å²) in [6, 6.07) is 0. The maximum atomic E-state index is 10.3. The van der Waals surface area contributed by atoms with E-state index in [1.54, 1.807) is 0 Å². The molecule has 0 saturated carbocycles. The van der Waals surface area contributed by atoms with Gasteiger partial charge in [-0.25, -0.2) is 0 Å². The van der Waals surface area contributed by atoms with Crippen LogP contribution in [0.1, 0.15) is 0 Å². The molecule has 0 bridgehead atoms. The van der Waals surface area contributed by atoms with Crippen molar-refractivity contribution >= 4 is 17.7 Å². The first-order valence-electron chi connectivity index (χ1n) is 1.90. The molecule has 2 nitrogen and oxygen atoms in total. The lowest BCUT2D eigenvalue weighted by Crippen LogP contribution is -2.13. The fraction of sp³-hybridized carbons (Fsp3) is 0.250. The molecular formula is C4H5NOS. The zero-order chi connectivity index (χ0) is 5.28. The molecule has 38 valence electrons. The van der Waals surface area contributed by atoms with E-state index in [1.165, 1.54) is 11.8 Å². The van der Waals surface area contributed by atoms with Gasteiger partial charge in [0.1, 0.15) is 0 Å². The van der Waals surface area contributed by atoms with Gasteiger partial charge < -0.3 is 5.32 Å². The second kappa shape index (κ2) is 1.58. The molecule has 0 aliphatic carbocycles. The fourth-order valence-corrected chi connectivity index (χ4v) is 0.934. The molecule has 0 atom stereocenters. The maximum Gasteiger partial charge on any atom is 0.257 e. The molecule has 1 fully saturated rings. The zero-order valence-corrected chi connectivity index (χ0v) is 4.55. The van der Waals surface area contributed by atoms with E-state index in [-0.39, 0.29) is 5.91 Å². The minimum atomic E-state index is -0.0231. The van der Waals surface area contributed by atoms with Crippen LogP contribution in [0, 0.1) is 0 Å². The Bertz CT molecular complexity index is 107. The second-order valence-electron chi connectivity index (χ2n) is 1.22. The van der Waals surface area contributed by atoms with Crippen LogP contribution in [-0.2, 0) is 4.79 Å². The summed E-state index contributed by atoms with van der Waals surface area (Å²) in [6.07, 6.45) is 0. The minimum absolute atomic E-state index is 0.0231. The molecule has 1 heterocycles. The summed E-state index contributed by atoms with van der Waals surface area (Å²) >= 11 is 1.45. The molecular weight excluding hydrogens is 110 g/mol. The lowest BCUT2D eigenvalue weighted by Gasteiger charge is -1.80. The second-order valence-corrected chi connectivity index (χ2v) is 2.29. The van der Waals surface area contributed by atoms with Crippen LogP contribution in [-0.4, -0.2) is 11.8 Å². The lowest BCUT2D eigenvalue weighted by molar-refractivity contribution is -0.116. The summed E-state index contributed by atoms with van der Waals surface area (Å²) in [5, 5.41) is 2.59. The van der Waals surface area contributed by atoms with E-state index in [1.807, 2.05) is 0 Å². The predicted octanol–water partition coefficient (Wildman–Crippen LogP) is 0.321. The van der Waals surface area contributed by atoms with Gasteiger partial charge in [-0.05, 0) is 0 Å². The van der Waals surface area contributed by atoms with Crippen LogP contribution in [0.4, 0.5) is 0 Å². The summed E-state index contributed by atoms with van der Waals surface area (Å²) in [4.78, 5) is 11.0. The molecule has 0 radical (unpaired) electrons. The Balaban J connectivity index is 2.65. The third kappa shape index (κ3) is 0.771. The Hall–Kier alpha value is -0.440. The van der Waals surface area contributed by atoms with E-state index < -0.39 is 0 Å². The van der Waals surface area contributed by atoms with E-state index in [2.05, 4.69) is 11.9 Å². The SMILES string of the molecule is C=C1SCNC1=O. The minimum Gasteiger partial charge on any atom is -0.342 e. The molecule has 1 amide bonds. The van der Waals surface area contributed by atoms with E-state index in [4.69, 9.17) is 0 Å². The van der Waals surface area contributed by atoms with Crippen molar-refractivity contribution in [1.29, 1.82) is 0 Å². The van der Waals surface area contributed by atoms with Gasteiger partial charge in [0.2, 0.25) is 0 Å². The molecule has 1 rings (SSSR count). The van der Waals surface area contributed by atoms with Crippen LogP contribution in [0.5, 0.6) is 0 Å². The molecule has 1 aliphatic heterocycles. The molecule has 3 heteroatoms. The van der Waals surface area contributed by atoms with Gasteiger partial charge in [0, 0.05) is 0 Å². The summed E-state index contributed by atoms with van der Waals surface area (Å²) in [7, 11) is 0. The van der Waals surface area contributed by atoms with Gasteiger partial charge in [-0.1, -0.05) is 18.3 Å². The first-order valence-corrected chi connectivity index (χ1v) is 2.89. The van der Waals surface area contributed by atoms with Gasteiger partial charge in [0.15, 0.2) is 0 Å². The zero-order valence-electron chi connectivity index (χ0n) is 3.73. The Kier molecular flexibility index (Phi) is 1.06. The first kappa shape index (κ1) is 4.71. The Labute approximate surface area is 46.0 Å². The topological polar surface area (TPSA) is 29.1 Å². The first-order chi connectivity index (χ1) is 3.30. The third-order valence-corrected chi connectivity index (χ3v) is 1.55. The van der Waals surface area contributed by atoms with Gasteiger partial charge in [-0.15, -0.1) is 0 Å². The van der Waals surface area contributed by atoms with Crippen molar-refractivity contribution in [3.8, 4) is 0 Å². The smallest absolute Gasteiger partial charge is 0.257 e. The van der Waals surface area contributed by atoms with Crippen molar-refractivity contribution in [2.75, 3.05) is 5.88 Å². The van der Waals surface area contributed by atoms with Crippen LogP contribution in [0.15, 0.2) is 11.5 Å². The lowest BCUT2D eigenvalue weighted by atomic mass is 10.6. The molecule has 0 spiro atoms. The Morgan fingerprint density at radius 2 is 2.57 bits per heavy atom. The number of nitrogens with one attached hydrogen (secondary N) is 1. The standard InChI is InChI=1S/C4H5NOS/c1-3-4(6)5-2-7-3/h1-2H2,(H,5,6). The van der Waals surface area contributed by atoms with Crippen molar-refractivity contribution in [3.63, 3.8) is 0 Å². The quantitative estimate of drug-likeness (QED) is 0.461. The van der Waals surface area contributed by atoms with Gasteiger partial charge >= 0.3 is 0 Å². The van der Waals surface area contributed by atoms with Crippen molar-refractivity contribution in [2.24, 2.45) is 0 Å². The molecule has 0 unspecified atom stereocenters. The summed E-state index contributed by atoms with van der Waals surface area (Å²) in [5.74, 6) is 0.669. The van der Waals surface area contributed by atoms with Crippen LogP contribution in [0.25, 0.3) is 0 Å². The Morgan fingerprint density at radius 1 is 1.86 bits per heavy atom. The maximum absolute atomic E-state index is 10.3. The summed E-state index contributed by atoms with van der Waals surface area (Å²) < 4.78 is 0. The molecule has 1 saturated heterocycles. The van der Waals surface area contributed by atoms with E-state index >= 15 is 0 Å². The number of rotatable bonds is 0. The monoisotopic (exact) mass is 115 g/mol. The number of amides is 1. The average Bonchev–Trinajstić information content (AvgIpc) is 1.91. The van der Waals surface area contributed by atoms with Gasteiger partial charge in [0.25, 0.3) is 5.91 Å². The van der Waals surface area contributed by atoms with Crippen molar-refractivity contribution in [3.05, 3.63) is 11.5 Å². The third-order valence-electron chi connectivity index (χ3n) is 0.732. The molecule has 1 N–H and O–H groups in total. The number of carbonyl (C=O) groups excluding carboxylic acids is 1. The highest BCUT2D eigenvalue weighted by molar-refractivity contribution is 8.04. The van der Waals surface area contributed by atoms with Crippen LogP contribution < -0.4 is 5.32 Å². The fourth-order valence-electron chi connectivity index (χ4n) is 0.353. The molecule has 0 aromatic rings. The van der Waals surface area contributed by atoms with Crippen LogP contribution in [0.2, 0.25) is 0 Å². The van der Waals surface area contributed by atoms with Crippen LogP contribution in [0.3, 0.4) is 0 Å². The molecule has 0 aromatic heterocycles. The highest BCUT2D eigenvalue weighted by atomic mass is 32.2. The van der Waals surface area contributed by atoms with Crippen molar-refractivity contribution in [2.45, 2.75) is 0 Å². The summed E-state index contributed by atoms with van der Waals surface area (Å²) in [6.45, 7) is 3.49. The highest BCUT2D eigenvalue weighted by Gasteiger charge is 2.12. The van der Waals surface area contributed by atoms with Crippen molar-refractivity contribution in [1.82, 2.24) is 5.32 Å². The average molecular weight is 115 g/mol. The van der Waals surface area contributed by atoms with E-state index in [9.17, 15) is 4.79 Å². The van der Waals surface area contributed by atoms with Gasteiger partial charge in [-0.2, -0.15) is 0 Å². The van der Waals surface area contributed by atoms with Crippen molar-refractivity contribution < 1.29 is 4.79 Å². The molecule has 0 aromatic carbocycles. The van der Waals surface area contributed by atoms with Gasteiger partial charge in [0.05, 0.1) is 10.8 Å². The number of hydrogen-bond acceptors (Lipinski definition) is 2. The van der Waals surface area contributed by atoms with E-state index in [0.717, 1.165) is 0 Å². The van der Waals surface area contributed by atoms with Crippen LogP contribution >= 0.6 is 11.8 Å². The van der Waals surface area contributed by atoms with Gasteiger partial charge in [-0.3, -0.25) is 4.79 Å².